The molecular formula is C18H28N2O4S. The topological polar surface area (TPSA) is 66.9 Å². The minimum absolute atomic E-state index is 0.00302. The zero-order valence-electron chi connectivity index (χ0n) is 15.3. The number of nitrogens with zero attached hydrogens (tertiary/aromatic N) is 2. The van der Waals surface area contributed by atoms with Crippen molar-refractivity contribution in [1.29, 1.82) is 0 Å². The first-order valence-corrected chi connectivity index (χ1v) is 11.3. The molecule has 2 aliphatic carbocycles. The predicted molar refractivity (Wildman–Crippen MR) is 91.7 cm³/mol. The van der Waals surface area contributed by atoms with Gasteiger partial charge in [0.05, 0.1) is 23.8 Å². The van der Waals surface area contributed by atoms with Crippen molar-refractivity contribution in [3.63, 3.8) is 0 Å². The maximum Gasteiger partial charge on any atom is 0.243 e. The normalized spacial score (nSPS) is 49.6. The van der Waals surface area contributed by atoms with E-state index in [4.69, 9.17) is 4.84 Å². The molecule has 3 heterocycles. The minimum atomic E-state index is -3.54. The van der Waals surface area contributed by atoms with E-state index in [9.17, 15) is 13.2 Å². The first-order chi connectivity index (χ1) is 11.7. The SMILES string of the molecule is CC1ON2CCCC2[C@H]1C(=O)N1C2CC3CCC2(CS1(=O)=O)C3(C)C. The number of sulfonamides is 1. The van der Waals surface area contributed by atoms with Crippen LogP contribution in [0.3, 0.4) is 0 Å². The lowest BCUT2D eigenvalue weighted by atomic mass is 9.69. The smallest absolute Gasteiger partial charge is 0.243 e. The van der Waals surface area contributed by atoms with Crippen molar-refractivity contribution in [2.24, 2.45) is 22.7 Å². The maximum atomic E-state index is 13.5. The predicted octanol–water partition coefficient (Wildman–Crippen LogP) is 1.77. The fraction of sp³-hybridized carbons (Fsp3) is 0.944. The van der Waals surface area contributed by atoms with Crippen LogP contribution in [0.2, 0.25) is 0 Å². The molecule has 3 aliphatic heterocycles. The Bertz CT molecular complexity index is 735. The van der Waals surface area contributed by atoms with E-state index in [-0.39, 0.29) is 46.6 Å². The monoisotopic (exact) mass is 368 g/mol. The van der Waals surface area contributed by atoms with E-state index in [0.29, 0.717) is 5.92 Å². The largest absolute Gasteiger partial charge is 0.295 e. The molecule has 0 radical (unpaired) electrons. The van der Waals surface area contributed by atoms with Crippen molar-refractivity contribution in [2.45, 2.75) is 71.1 Å². The molecule has 2 saturated carbocycles. The van der Waals surface area contributed by atoms with Gasteiger partial charge in [-0.2, -0.15) is 5.06 Å². The fourth-order valence-corrected chi connectivity index (χ4v) is 9.51. The van der Waals surface area contributed by atoms with E-state index in [1.807, 2.05) is 12.0 Å². The first kappa shape index (κ1) is 16.5. The van der Waals surface area contributed by atoms with Gasteiger partial charge in [-0.25, -0.2) is 12.7 Å². The van der Waals surface area contributed by atoms with E-state index in [0.717, 1.165) is 38.6 Å². The van der Waals surface area contributed by atoms with Crippen molar-refractivity contribution in [1.82, 2.24) is 9.37 Å². The maximum absolute atomic E-state index is 13.5. The lowest BCUT2D eigenvalue weighted by Gasteiger charge is -2.37. The van der Waals surface area contributed by atoms with Crippen molar-refractivity contribution >= 4 is 15.9 Å². The van der Waals surface area contributed by atoms with Crippen LogP contribution in [-0.2, 0) is 19.7 Å². The molecule has 0 aromatic heterocycles. The van der Waals surface area contributed by atoms with Crippen LogP contribution >= 0.6 is 0 Å². The number of rotatable bonds is 1. The Morgan fingerprint density at radius 1 is 1.24 bits per heavy atom. The highest BCUT2D eigenvalue weighted by atomic mass is 32.2. The Hall–Kier alpha value is -0.660. The standard InChI is InChI=1S/C18H28N2O4S/c1-11-15(13-5-4-8-19(13)24-11)16(21)20-14-9-12-6-7-18(14,17(12,2)3)10-25(20,22)23/h11-15H,4-10H2,1-3H3/t11?,12?,13?,14?,15-,18?/m0/s1. The number of hydroxylamine groups is 2. The van der Waals surface area contributed by atoms with Crippen molar-refractivity contribution in [3.05, 3.63) is 0 Å². The highest BCUT2D eigenvalue weighted by molar-refractivity contribution is 7.90. The molecule has 0 aromatic rings. The lowest BCUT2D eigenvalue weighted by Crippen LogP contribution is -2.49. The summed E-state index contributed by atoms with van der Waals surface area (Å²) in [5, 5.41) is 1.91. The van der Waals surface area contributed by atoms with Gasteiger partial charge in [-0.15, -0.1) is 0 Å². The van der Waals surface area contributed by atoms with Crippen LogP contribution in [0.1, 0.15) is 52.9 Å². The number of carbonyl (C=O) groups excluding carboxylic acids is 1. The van der Waals surface area contributed by atoms with E-state index < -0.39 is 10.0 Å². The van der Waals surface area contributed by atoms with Gasteiger partial charge >= 0.3 is 0 Å². The van der Waals surface area contributed by atoms with Crippen LogP contribution in [0, 0.1) is 22.7 Å². The van der Waals surface area contributed by atoms with E-state index >= 15 is 0 Å². The Labute approximate surface area is 149 Å². The summed E-state index contributed by atoms with van der Waals surface area (Å²) in [7, 11) is -3.54. The average Bonchev–Trinajstić information content (AvgIpc) is 3.21. The third-order valence-corrected chi connectivity index (χ3v) is 10.3. The summed E-state index contributed by atoms with van der Waals surface area (Å²) in [6.45, 7) is 7.18. The van der Waals surface area contributed by atoms with E-state index in [1.54, 1.807) is 0 Å². The zero-order chi connectivity index (χ0) is 17.8. The molecule has 5 fully saturated rings. The highest BCUT2D eigenvalue weighted by Crippen LogP contribution is 2.70. The molecule has 140 valence electrons. The second-order valence-corrected chi connectivity index (χ2v) is 11.3. The number of hydrogen-bond acceptors (Lipinski definition) is 5. The summed E-state index contributed by atoms with van der Waals surface area (Å²) in [4.78, 5) is 19.3. The molecule has 3 saturated heterocycles. The Kier molecular flexibility index (Phi) is 3.16. The molecular weight excluding hydrogens is 340 g/mol. The van der Waals surface area contributed by atoms with Crippen molar-refractivity contribution < 1.29 is 18.0 Å². The summed E-state index contributed by atoms with van der Waals surface area (Å²) in [5.41, 5.74) is -0.249. The average molecular weight is 368 g/mol. The third-order valence-electron chi connectivity index (χ3n) is 8.38. The number of fused-ring (bicyclic) bond motifs is 2. The van der Waals surface area contributed by atoms with Gasteiger partial charge in [-0.3, -0.25) is 9.63 Å². The number of hydrogen-bond donors (Lipinski definition) is 0. The van der Waals surface area contributed by atoms with Gasteiger partial charge < -0.3 is 0 Å². The molecule has 25 heavy (non-hydrogen) atoms. The fourth-order valence-electron chi connectivity index (χ4n) is 6.94. The molecule has 1 amide bonds. The minimum Gasteiger partial charge on any atom is -0.295 e. The molecule has 0 N–H and O–H groups in total. The van der Waals surface area contributed by atoms with Gasteiger partial charge in [-0.1, -0.05) is 13.8 Å². The molecule has 6 atom stereocenters. The van der Waals surface area contributed by atoms with Gasteiger partial charge in [0.25, 0.3) is 0 Å². The summed E-state index contributed by atoms with van der Waals surface area (Å²) < 4.78 is 27.5. The van der Waals surface area contributed by atoms with E-state index in [2.05, 4.69) is 13.8 Å². The van der Waals surface area contributed by atoms with Gasteiger partial charge in [0.15, 0.2) is 0 Å². The van der Waals surface area contributed by atoms with Crippen LogP contribution in [0.5, 0.6) is 0 Å². The van der Waals surface area contributed by atoms with E-state index in [1.165, 1.54) is 4.31 Å². The summed E-state index contributed by atoms with van der Waals surface area (Å²) >= 11 is 0. The van der Waals surface area contributed by atoms with Crippen LogP contribution in [0.25, 0.3) is 0 Å². The molecule has 7 heteroatoms. The molecule has 0 aromatic carbocycles. The number of amides is 1. The van der Waals surface area contributed by atoms with Crippen LogP contribution in [0.15, 0.2) is 0 Å². The highest BCUT2D eigenvalue weighted by Gasteiger charge is 2.73. The van der Waals surface area contributed by atoms with Crippen molar-refractivity contribution in [2.75, 3.05) is 12.3 Å². The molecule has 6 nitrogen and oxygen atoms in total. The van der Waals surface area contributed by atoms with Crippen LogP contribution in [0.4, 0.5) is 0 Å². The summed E-state index contributed by atoms with van der Waals surface area (Å²) in [6, 6.07) is -0.0951. The molecule has 1 spiro atoms. The Morgan fingerprint density at radius 3 is 2.72 bits per heavy atom. The van der Waals surface area contributed by atoms with Crippen LogP contribution in [-0.4, -0.2) is 54.2 Å². The zero-order valence-corrected chi connectivity index (χ0v) is 16.1. The van der Waals surface area contributed by atoms with Gasteiger partial charge in [0.2, 0.25) is 15.9 Å². The van der Waals surface area contributed by atoms with Crippen molar-refractivity contribution in [3.8, 4) is 0 Å². The molecule has 5 unspecified atom stereocenters. The first-order valence-electron chi connectivity index (χ1n) is 9.68. The van der Waals surface area contributed by atoms with Crippen LogP contribution < -0.4 is 0 Å². The molecule has 5 rings (SSSR count). The third kappa shape index (κ3) is 1.82. The lowest BCUT2D eigenvalue weighted by molar-refractivity contribution is -0.145. The Morgan fingerprint density at radius 2 is 2.00 bits per heavy atom. The van der Waals surface area contributed by atoms with Gasteiger partial charge in [0.1, 0.15) is 0 Å². The van der Waals surface area contributed by atoms with Gasteiger partial charge in [-0.05, 0) is 50.4 Å². The van der Waals surface area contributed by atoms with Gasteiger partial charge in [0, 0.05) is 18.0 Å². The summed E-state index contributed by atoms with van der Waals surface area (Å²) in [5.74, 6) is 0.126. The quantitative estimate of drug-likeness (QED) is 0.706. The summed E-state index contributed by atoms with van der Waals surface area (Å²) in [6.07, 6.45) is 4.56. The Balaban J connectivity index is 1.53. The number of carbonyl (C=O) groups is 1. The second-order valence-electron chi connectivity index (χ2n) is 9.44. The molecule has 2 bridgehead atoms. The second kappa shape index (κ2) is 4.78. The molecule has 5 aliphatic rings.